The first-order valence-corrected chi connectivity index (χ1v) is 10.6. The molecule has 3 rings (SSSR count). The van der Waals surface area contributed by atoms with Gasteiger partial charge in [0.1, 0.15) is 10.7 Å². The third kappa shape index (κ3) is 3.57. The summed E-state index contributed by atoms with van der Waals surface area (Å²) in [6.45, 7) is 9.88. The van der Waals surface area contributed by atoms with E-state index in [0.717, 1.165) is 37.4 Å². The number of sulfonamides is 1. The normalized spacial score (nSPS) is 17.9. The Kier molecular flexibility index (Phi) is 5.25. The summed E-state index contributed by atoms with van der Waals surface area (Å²) in [4.78, 5) is 4.70. The lowest BCUT2D eigenvalue weighted by atomic mass is 10.00. The Bertz CT molecular complexity index is 882. The van der Waals surface area contributed by atoms with Crippen LogP contribution in [-0.2, 0) is 29.5 Å². The number of nitrogens with zero attached hydrogens (tertiary/aromatic N) is 5. The highest BCUT2D eigenvalue weighted by Gasteiger charge is 2.31. The molecule has 26 heavy (non-hydrogen) atoms. The molecule has 0 saturated heterocycles. The molecule has 0 aliphatic carbocycles. The van der Waals surface area contributed by atoms with Gasteiger partial charge in [-0.05, 0) is 32.1 Å². The molecule has 0 fully saturated rings. The third-order valence-corrected chi connectivity index (χ3v) is 7.15. The van der Waals surface area contributed by atoms with Gasteiger partial charge in [0, 0.05) is 45.5 Å². The SMILES string of the molecule is Cc1nn(CC(C)C)c(C)c1S(=O)(=O)N(C)CC1CCc2nccn2C1. The molecule has 0 radical (unpaired) electrons. The fourth-order valence-electron chi connectivity index (χ4n) is 3.78. The van der Waals surface area contributed by atoms with Crippen LogP contribution in [0.3, 0.4) is 0 Å². The van der Waals surface area contributed by atoms with Crippen LogP contribution in [0, 0.1) is 25.7 Å². The minimum Gasteiger partial charge on any atom is -0.335 e. The fraction of sp³-hybridized carbons (Fsp3) is 0.667. The zero-order valence-corrected chi connectivity index (χ0v) is 17.1. The molecule has 1 atom stereocenters. The average Bonchev–Trinajstić information content (AvgIpc) is 3.11. The van der Waals surface area contributed by atoms with Crippen molar-refractivity contribution in [3.63, 3.8) is 0 Å². The first-order valence-electron chi connectivity index (χ1n) is 9.20. The van der Waals surface area contributed by atoms with Crippen LogP contribution in [0.15, 0.2) is 17.3 Å². The highest BCUT2D eigenvalue weighted by Crippen LogP contribution is 2.26. The number of imidazole rings is 1. The van der Waals surface area contributed by atoms with Gasteiger partial charge in [-0.25, -0.2) is 17.7 Å². The Hall–Kier alpha value is -1.67. The predicted octanol–water partition coefficient (Wildman–Crippen LogP) is 2.24. The van der Waals surface area contributed by atoms with Gasteiger partial charge in [-0.3, -0.25) is 4.68 Å². The maximum absolute atomic E-state index is 13.2. The lowest BCUT2D eigenvalue weighted by Gasteiger charge is -2.27. The molecule has 1 aliphatic heterocycles. The van der Waals surface area contributed by atoms with E-state index < -0.39 is 10.0 Å². The summed E-state index contributed by atoms with van der Waals surface area (Å²) in [6.07, 6.45) is 5.64. The van der Waals surface area contributed by atoms with E-state index >= 15 is 0 Å². The molecule has 0 bridgehead atoms. The number of aromatic nitrogens is 4. The van der Waals surface area contributed by atoms with Crippen LogP contribution in [0.4, 0.5) is 0 Å². The molecule has 7 nitrogen and oxygen atoms in total. The zero-order valence-electron chi connectivity index (χ0n) is 16.3. The van der Waals surface area contributed by atoms with Gasteiger partial charge in [-0.2, -0.15) is 5.10 Å². The second-order valence-electron chi connectivity index (χ2n) is 7.76. The Balaban J connectivity index is 1.79. The van der Waals surface area contributed by atoms with Crippen LogP contribution in [0.5, 0.6) is 0 Å². The maximum atomic E-state index is 13.2. The van der Waals surface area contributed by atoms with Crippen LogP contribution >= 0.6 is 0 Å². The summed E-state index contributed by atoms with van der Waals surface area (Å²) in [5, 5.41) is 4.47. The van der Waals surface area contributed by atoms with Crippen molar-refractivity contribution in [2.24, 2.45) is 11.8 Å². The Labute approximate surface area is 156 Å². The van der Waals surface area contributed by atoms with Gasteiger partial charge < -0.3 is 4.57 Å². The van der Waals surface area contributed by atoms with Crippen LogP contribution in [0.1, 0.15) is 37.5 Å². The van der Waals surface area contributed by atoms with E-state index in [9.17, 15) is 8.42 Å². The minimum absolute atomic E-state index is 0.294. The standard InChI is InChI=1S/C18H29N5O2S/c1-13(2)10-23-15(4)18(14(3)20-23)26(24,25)21(5)11-16-6-7-17-19-8-9-22(17)12-16/h8-9,13,16H,6-7,10-12H2,1-5H3. The molecular formula is C18H29N5O2S. The molecule has 144 valence electrons. The number of fused-ring (bicyclic) bond motifs is 1. The minimum atomic E-state index is -3.55. The summed E-state index contributed by atoms with van der Waals surface area (Å²) in [7, 11) is -1.88. The van der Waals surface area contributed by atoms with Gasteiger partial charge in [-0.1, -0.05) is 13.8 Å². The molecule has 8 heteroatoms. The number of aryl methyl sites for hydroxylation is 2. The monoisotopic (exact) mass is 379 g/mol. The Morgan fingerprint density at radius 3 is 2.77 bits per heavy atom. The van der Waals surface area contributed by atoms with Crippen molar-refractivity contribution in [2.45, 2.75) is 58.5 Å². The second kappa shape index (κ2) is 7.15. The lowest BCUT2D eigenvalue weighted by Crippen LogP contribution is -2.35. The van der Waals surface area contributed by atoms with Gasteiger partial charge in [0.05, 0.1) is 11.4 Å². The van der Waals surface area contributed by atoms with Crippen molar-refractivity contribution in [1.82, 2.24) is 23.6 Å². The molecule has 1 unspecified atom stereocenters. The molecule has 2 aromatic rings. The van der Waals surface area contributed by atoms with E-state index in [4.69, 9.17) is 0 Å². The van der Waals surface area contributed by atoms with Crippen molar-refractivity contribution in [1.29, 1.82) is 0 Å². The van der Waals surface area contributed by atoms with Gasteiger partial charge in [0.2, 0.25) is 10.0 Å². The van der Waals surface area contributed by atoms with Crippen LogP contribution in [-0.4, -0.2) is 45.6 Å². The van der Waals surface area contributed by atoms with Crippen molar-refractivity contribution < 1.29 is 8.42 Å². The average molecular weight is 380 g/mol. The molecule has 0 N–H and O–H groups in total. The van der Waals surface area contributed by atoms with E-state index in [1.807, 2.05) is 24.0 Å². The lowest BCUT2D eigenvalue weighted by molar-refractivity contribution is 0.303. The summed E-state index contributed by atoms with van der Waals surface area (Å²) in [5.74, 6) is 1.80. The largest absolute Gasteiger partial charge is 0.335 e. The molecule has 0 spiro atoms. The van der Waals surface area contributed by atoms with E-state index in [1.54, 1.807) is 14.0 Å². The maximum Gasteiger partial charge on any atom is 0.246 e. The molecule has 1 aliphatic rings. The topological polar surface area (TPSA) is 73.0 Å². The first-order chi connectivity index (χ1) is 12.2. The quantitative estimate of drug-likeness (QED) is 0.771. The molecule has 3 heterocycles. The fourth-order valence-corrected chi connectivity index (χ4v) is 5.39. The summed E-state index contributed by atoms with van der Waals surface area (Å²) < 4.78 is 31.8. The van der Waals surface area contributed by atoms with Crippen LogP contribution < -0.4 is 0 Å². The highest BCUT2D eigenvalue weighted by atomic mass is 32.2. The predicted molar refractivity (Wildman–Crippen MR) is 100 cm³/mol. The van der Waals surface area contributed by atoms with Gasteiger partial charge in [0.25, 0.3) is 0 Å². The van der Waals surface area contributed by atoms with Gasteiger partial charge in [0.15, 0.2) is 0 Å². The van der Waals surface area contributed by atoms with Crippen LogP contribution in [0.2, 0.25) is 0 Å². The summed E-state index contributed by atoms with van der Waals surface area (Å²) >= 11 is 0. The number of hydrogen-bond donors (Lipinski definition) is 0. The number of rotatable bonds is 6. The molecule has 0 aromatic carbocycles. The highest BCUT2D eigenvalue weighted by molar-refractivity contribution is 7.89. The molecule has 0 saturated carbocycles. The van der Waals surface area contributed by atoms with E-state index in [2.05, 4.69) is 28.5 Å². The molecule has 2 aromatic heterocycles. The van der Waals surface area contributed by atoms with Gasteiger partial charge >= 0.3 is 0 Å². The van der Waals surface area contributed by atoms with Crippen molar-refractivity contribution in [2.75, 3.05) is 13.6 Å². The first kappa shape index (κ1) is 19.1. The Morgan fingerprint density at radius 2 is 2.08 bits per heavy atom. The van der Waals surface area contributed by atoms with Crippen LogP contribution in [0.25, 0.3) is 0 Å². The van der Waals surface area contributed by atoms with E-state index in [0.29, 0.717) is 29.0 Å². The van der Waals surface area contributed by atoms with Gasteiger partial charge in [-0.15, -0.1) is 0 Å². The zero-order chi connectivity index (χ0) is 19.1. The van der Waals surface area contributed by atoms with E-state index in [1.165, 1.54) is 4.31 Å². The summed E-state index contributed by atoms with van der Waals surface area (Å²) in [6, 6.07) is 0. The second-order valence-corrected chi connectivity index (χ2v) is 9.74. The van der Waals surface area contributed by atoms with Crippen molar-refractivity contribution in [3.8, 4) is 0 Å². The number of hydrogen-bond acceptors (Lipinski definition) is 4. The molecular weight excluding hydrogens is 350 g/mol. The van der Waals surface area contributed by atoms with Crippen molar-refractivity contribution in [3.05, 3.63) is 29.6 Å². The van der Waals surface area contributed by atoms with Crippen molar-refractivity contribution >= 4 is 10.0 Å². The Morgan fingerprint density at radius 1 is 1.35 bits per heavy atom. The molecule has 0 amide bonds. The summed E-state index contributed by atoms with van der Waals surface area (Å²) in [5.41, 5.74) is 1.30. The third-order valence-electron chi connectivity index (χ3n) is 5.07. The smallest absolute Gasteiger partial charge is 0.246 e. The van der Waals surface area contributed by atoms with E-state index in [-0.39, 0.29) is 0 Å².